The summed E-state index contributed by atoms with van der Waals surface area (Å²) < 4.78 is 61.0. The van der Waals surface area contributed by atoms with E-state index in [2.05, 4.69) is 10.0 Å². The van der Waals surface area contributed by atoms with Crippen molar-refractivity contribution in [1.82, 2.24) is 3.97 Å². The predicted octanol–water partition coefficient (Wildman–Crippen LogP) is 8.61. The maximum Gasteiger partial charge on any atom is 0.268 e. The fourth-order valence-electron chi connectivity index (χ4n) is 6.60. The minimum atomic E-state index is -3.81. The van der Waals surface area contributed by atoms with E-state index in [0.717, 1.165) is 47.8 Å². The van der Waals surface area contributed by atoms with Gasteiger partial charge >= 0.3 is 0 Å². The molecule has 5 aromatic rings. The van der Waals surface area contributed by atoms with Gasteiger partial charge in [0.05, 0.1) is 42.9 Å². The second-order valence-electron chi connectivity index (χ2n) is 13.3. The Hall–Kier alpha value is -4.52. The SMILES string of the molecule is [N-]=[N+]=NCCCCCCOC[C@H]1O[C@@H](OCCc2cn(S(=O)(=O)c3ccccc3)c3ccccc23)[C@H](OCc2ccccc2)C[C@@H]1OCc1ccccc1. The van der Waals surface area contributed by atoms with Gasteiger partial charge in [0, 0.05) is 36.1 Å². The average Bonchev–Trinajstić information content (AvgIpc) is 3.59. The van der Waals surface area contributed by atoms with Crippen LogP contribution in [0.25, 0.3) is 21.3 Å². The third kappa shape index (κ3) is 10.8. The zero-order valence-electron chi connectivity index (χ0n) is 30.4. The zero-order valence-corrected chi connectivity index (χ0v) is 31.2. The van der Waals surface area contributed by atoms with Gasteiger partial charge in [0.25, 0.3) is 10.0 Å². The van der Waals surface area contributed by atoms with Crippen LogP contribution in [0, 0.1) is 0 Å². The molecule has 0 radical (unpaired) electrons. The van der Waals surface area contributed by atoms with Crippen LogP contribution in [0.1, 0.15) is 48.8 Å². The zero-order chi connectivity index (χ0) is 37.4. The number of benzene rings is 4. The van der Waals surface area contributed by atoms with Crippen LogP contribution in [0.5, 0.6) is 0 Å². The Balaban J connectivity index is 1.16. The van der Waals surface area contributed by atoms with Gasteiger partial charge in [0.1, 0.15) is 12.2 Å². The average molecular weight is 753 g/mol. The van der Waals surface area contributed by atoms with Crippen molar-refractivity contribution < 1.29 is 32.1 Å². The number of unbranched alkanes of at least 4 members (excludes halogenated alkanes) is 3. The molecule has 11 nitrogen and oxygen atoms in total. The van der Waals surface area contributed by atoms with Gasteiger partial charge < -0.3 is 23.7 Å². The van der Waals surface area contributed by atoms with Crippen molar-refractivity contribution in [3.05, 3.63) is 149 Å². The van der Waals surface area contributed by atoms with Gasteiger partial charge in [0.2, 0.25) is 0 Å². The first-order chi connectivity index (χ1) is 26.5. The van der Waals surface area contributed by atoms with Crippen molar-refractivity contribution in [1.29, 1.82) is 0 Å². The first-order valence-electron chi connectivity index (χ1n) is 18.6. The molecule has 2 heterocycles. The van der Waals surface area contributed by atoms with Crippen LogP contribution in [-0.2, 0) is 53.3 Å². The van der Waals surface area contributed by atoms with E-state index in [1.807, 2.05) is 84.9 Å². The Morgan fingerprint density at radius 3 is 2.07 bits per heavy atom. The fraction of sp³-hybridized carbons (Fsp3) is 0.381. The molecule has 284 valence electrons. The highest BCUT2D eigenvalue weighted by Gasteiger charge is 2.40. The number of rotatable bonds is 21. The molecule has 12 heteroatoms. The number of para-hydroxylation sites is 1. The van der Waals surface area contributed by atoms with Crippen molar-refractivity contribution in [3.8, 4) is 0 Å². The van der Waals surface area contributed by atoms with Gasteiger partial charge in [-0.05, 0) is 59.7 Å². The molecule has 1 aromatic heterocycles. The Morgan fingerprint density at radius 2 is 1.37 bits per heavy atom. The van der Waals surface area contributed by atoms with Crippen molar-refractivity contribution in [3.63, 3.8) is 0 Å². The predicted molar refractivity (Wildman–Crippen MR) is 207 cm³/mol. The van der Waals surface area contributed by atoms with Crippen LogP contribution in [0.2, 0.25) is 0 Å². The molecule has 6 rings (SSSR count). The Labute approximate surface area is 317 Å². The van der Waals surface area contributed by atoms with Gasteiger partial charge in [-0.2, -0.15) is 0 Å². The summed E-state index contributed by atoms with van der Waals surface area (Å²) in [6, 6.07) is 36.0. The third-order valence-electron chi connectivity index (χ3n) is 9.46. The molecule has 1 fully saturated rings. The third-order valence-corrected chi connectivity index (χ3v) is 11.1. The monoisotopic (exact) mass is 752 g/mol. The van der Waals surface area contributed by atoms with Crippen LogP contribution < -0.4 is 0 Å². The summed E-state index contributed by atoms with van der Waals surface area (Å²) in [5, 5.41) is 4.45. The number of nitrogens with zero attached hydrogens (tertiary/aromatic N) is 4. The van der Waals surface area contributed by atoms with Crippen molar-refractivity contribution in [2.24, 2.45) is 5.11 Å². The lowest BCUT2D eigenvalue weighted by Gasteiger charge is -2.41. The molecule has 0 aliphatic carbocycles. The summed E-state index contributed by atoms with van der Waals surface area (Å²) in [6.07, 6.45) is 4.52. The van der Waals surface area contributed by atoms with Crippen molar-refractivity contribution in [2.75, 3.05) is 26.4 Å². The molecule has 0 spiro atoms. The van der Waals surface area contributed by atoms with Crippen LogP contribution in [0.4, 0.5) is 0 Å². The molecule has 1 aliphatic heterocycles. The molecule has 4 atom stereocenters. The molecular formula is C42H48N4O7S. The molecule has 1 saturated heterocycles. The highest BCUT2D eigenvalue weighted by atomic mass is 32.2. The van der Waals surface area contributed by atoms with Crippen LogP contribution in [0.3, 0.4) is 0 Å². The van der Waals surface area contributed by atoms with E-state index < -0.39 is 28.5 Å². The minimum absolute atomic E-state index is 0.227. The molecule has 54 heavy (non-hydrogen) atoms. The molecule has 0 N–H and O–H groups in total. The van der Waals surface area contributed by atoms with E-state index in [4.69, 9.17) is 29.2 Å². The van der Waals surface area contributed by atoms with Crippen molar-refractivity contribution in [2.45, 2.75) is 81.2 Å². The van der Waals surface area contributed by atoms with E-state index in [0.29, 0.717) is 51.3 Å². The molecule has 0 unspecified atom stereocenters. The highest BCUT2D eigenvalue weighted by Crippen LogP contribution is 2.30. The summed E-state index contributed by atoms with van der Waals surface area (Å²) >= 11 is 0. The van der Waals surface area contributed by atoms with Gasteiger partial charge in [-0.25, -0.2) is 12.4 Å². The molecule has 0 amide bonds. The second kappa shape index (κ2) is 20.2. The molecule has 0 bridgehead atoms. The Morgan fingerprint density at radius 1 is 0.741 bits per heavy atom. The summed E-state index contributed by atoms with van der Waals surface area (Å²) in [6.45, 7) is 2.48. The lowest BCUT2D eigenvalue weighted by Crippen LogP contribution is -2.52. The molecule has 1 aliphatic rings. The van der Waals surface area contributed by atoms with Gasteiger partial charge in [-0.1, -0.05) is 115 Å². The lowest BCUT2D eigenvalue weighted by atomic mass is 10.0. The normalized spacial score (nSPS) is 18.7. The van der Waals surface area contributed by atoms with Gasteiger partial charge in [0.15, 0.2) is 6.29 Å². The second-order valence-corrected chi connectivity index (χ2v) is 15.1. The first-order valence-corrected chi connectivity index (χ1v) is 20.0. The lowest BCUT2D eigenvalue weighted by molar-refractivity contribution is -0.289. The number of hydrogen-bond donors (Lipinski definition) is 0. The number of ether oxygens (including phenoxy) is 5. The minimum Gasteiger partial charge on any atom is -0.379 e. The van der Waals surface area contributed by atoms with Gasteiger partial charge in [-0.15, -0.1) is 0 Å². The van der Waals surface area contributed by atoms with E-state index in [9.17, 15) is 8.42 Å². The van der Waals surface area contributed by atoms with Crippen LogP contribution in [-0.4, -0.2) is 63.4 Å². The molecule has 0 saturated carbocycles. The number of azide groups is 1. The Kier molecular flexibility index (Phi) is 14.7. The largest absolute Gasteiger partial charge is 0.379 e. The topological polar surface area (TPSA) is 134 Å². The van der Waals surface area contributed by atoms with E-state index in [-0.39, 0.29) is 17.6 Å². The summed E-state index contributed by atoms with van der Waals surface area (Å²) in [5.74, 6) is 0. The quantitative estimate of drug-likeness (QED) is 0.0317. The standard InChI is InChI=1S/C42H48N4O7S/c43-45-44-25-14-1-2-15-26-49-32-41-39(51-30-33-16-6-3-7-17-33)28-40(52-31-34-18-8-4-9-19-34)42(53-41)50-27-24-35-29-46(38-23-13-12-22-37(35)38)54(47,48)36-20-10-5-11-21-36/h3-13,16-23,29,39-42H,1-2,14-15,24-28,30-32H2/t39-,40+,41+,42+/m0/s1. The first kappa shape index (κ1) is 39.2. The fourth-order valence-corrected chi connectivity index (χ4v) is 8.01. The summed E-state index contributed by atoms with van der Waals surface area (Å²) in [7, 11) is -3.81. The summed E-state index contributed by atoms with van der Waals surface area (Å²) in [5.41, 5.74) is 12.0. The number of fused-ring (bicyclic) bond motifs is 1. The maximum atomic E-state index is 13.7. The maximum absolute atomic E-state index is 13.7. The molecular weight excluding hydrogens is 705 g/mol. The summed E-state index contributed by atoms with van der Waals surface area (Å²) in [4.78, 5) is 3.04. The molecule has 4 aromatic carbocycles. The van der Waals surface area contributed by atoms with Crippen molar-refractivity contribution >= 4 is 20.9 Å². The number of aromatic nitrogens is 1. The van der Waals surface area contributed by atoms with Crippen LogP contribution in [0.15, 0.2) is 131 Å². The Bertz CT molecular complexity index is 2020. The van der Waals surface area contributed by atoms with Gasteiger partial charge in [-0.3, -0.25) is 0 Å². The number of hydrogen-bond acceptors (Lipinski definition) is 8. The van der Waals surface area contributed by atoms with E-state index in [1.165, 1.54) is 3.97 Å². The van der Waals surface area contributed by atoms with E-state index >= 15 is 0 Å². The van der Waals surface area contributed by atoms with Crippen LogP contribution >= 0.6 is 0 Å². The smallest absolute Gasteiger partial charge is 0.268 e. The highest BCUT2D eigenvalue weighted by molar-refractivity contribution is 7.90. The van der Waals surface area contributed by atoms with E-state index in [1.54, 1.807) is 36.5 Å².